The summed E-state index contributed by atoms with van der Waals surface area (Å²) in [5, 5.41) is 3.40. The number of halogens is 1. The molecule has 1 aromatic heterocycles. The summed E-state index contributed by atoms with van der Waals surface area (Å²) < 4.78 is 10.8. The van der Waals surface area contributed by atoms with E-state index in [1.807, 2.05) is 39.2 Å². The number of hydrogen-bond donors (Lipinski definition) is 1. The van der Waals surface area contributed by atoms with Crippen LogP contribution >= 0.6 is 24.0 Å². The van der Waals surface area contributed by atoms with Gasteiger partial charge in [-0.1, -0.05) is 6.07 Å². The number of methoxy groups -OCH3 is 1. The van der Waals surface area contributed by atoms with Crippen LogP contribution in [0.15, 0.2) is 23.3 Å². The Labute approximate surface area is 162 Å². The second-order valence-corrected chi connectivity index (χ2v) is 6.13. The van der Waals surface area contributed by atoms with Crippen LogP contribution in [0.1, 0.15) is 25.8 Å². The number of nitrogens with one attached hydrogen (secondary N) is 1. The van der Waals surface area contributed by atoms with Gasteiger partial charge in [-0.3, -0.25) is 4.99 Å². The molecule has 1 aliphatic heterocycles. The fourth-order valence-corrected chi connectivity index (χ4v) is 2.74. The van der Waals surface area contributed by atoms with Crippen molar-refractivity contribution in [2.45, 2.75) is 32.9 Å². The van der Waals surface area contributed by atoms with E-state index in [0.717, 1.165) is 37.6 Å². The monoisotopic (exact) mass is 448 g/mol. The highest BCUT2D eigenvalue weighted by molar-refractivity contribution is 14.0. The van der Waals surface area contributed by atoms with Crippen molar-refractivity contribution in [1.29, 1.82) is 0 Å². The Hall–Kier alpha value is -1.09. The second kappa shape index (κ2) is 10.7. The molecular formula is C17H29IN4O2. The van der Waals surface area contributed by atoms with Crippen molar-refractivity contribution in [1.82, 2.24) is 15.2 Å². The molecule has 0 amide bonds. The number of hydrogen-bond acceptors (Lipinski definition) is 4. The molecule has 2 rings (SSSR count). The number of pyridine rings is 1. The second-order valence-electron chi connectivity index (χ2n) is 6.13. The molecule has 0 aliphatic carbocycles. The van der Waals surface area contributed by atoms with Gasteiger partial charge in [0.25, 0.3) is 0 Å². The van der Waals surface area contributed by atoms with Gasteiger partial charge in [-0.15, -0.1) is 24.0 Å². The summed E-state index contributed by atoms with van der Waals surface area (Å²) in [4.78, 5) is 11.0. The Morgan fingerprint density at radius 2 is 2.25 bits per heavy atom. The molecule has 1 aromatic rings. The quantitative estimate of drug-likeness (QED) is 0.412. The zero-order valence-electron chi connectivity index (χ0n) is 15.0. The zero-order valence-corrected chi connectivity index (χ0v) is 17.3. The molecule has 0 saturated carbocycles. The summed E-state index contributed by atoms with van der Waals surface area (Å²) >= 11 is 0. The highest BCUT2D eigenvalue weighted by Crippen LogP contribution is 2.16. The molecule has 1 fully saturated rings. The number of likely N-dealkylation sites (tertiary alicyclic amines) is 1. The maximum Gasteiger partial charge on any atom is 0.213 e. The van der Waals surface area contributed by atoms with E-state index in [1.165, 1.54) is 0 Å². The van der Waals surface area contributed by atoms with E-state index in [9.17, 15) is 0 Å². The van der Waals surface area contributed by atoms with Crippen LogP contribution in [0.3, 0.4) is 0 Å². The largest absolute Gasteiger partial charge is 0.475 e. The summed E-state index contributed by atoms with van der Waals surface area (Å²) in [6, 6.07) is 3.94. The van der Waals surface area contributed by atoms with Crippen LogP contribution in [0, 0.1) is 5.92 Å². The van der Waals surface area contributed by atoms with Crippen LogP contribution < -0.4 is 10.1 Å². The molecule has 1 atom stereocenters. The fraction of sp³-hybridized carbons (Fsp3) is 0.647. The van der Waals surface area contributed by atoms with Crippen LogP contribution in [-0.4, -0.2) is 55.8 Å². The van der Waals surface area contributed by atoms with Crippen LogP contribution in [0.4, 0.5) is 0 Å². The summed E-state index contributed by atoms with van der Waals surface area (Å²) in [6.07, 6.45) is 3.13. The lowest BCUT2D eigenvalue weighted by Gasteiger charge is -2.21. The lowest BCUT2D eigenvalue weighted by molar-refractivity contribution is 0.157. The average molecular weight is 448 g/mol. The minimum Gasteiger partial charge on any atom is -0.475 e. The number of aliphatic imine (C=N–C) groups is 1. The van der Waals surface area contributed by atoms with Crippen LogP contribution in [-0.2, 0) is 11.3 Å². The van der Waals surface area contributed by atoms with Crippen molar-refractivity contribution in [3.63, 3.8) is 0 Å². The van der Waals surface area contributed by atoms with E-state index in [2.05, 4.69) is 20.2 Å². The van der Waals surface area contributed by atoms with E-state index >= 15 is 0 Å². The number of aromatic nitrogens is 1. The number of rotatable bonds is 6. The molecular weight excluding hydrogens is 419 g/mol. The van der Waals surface area contributed by atoms with E-state index in [0.29, 0.717) is 18.3 Å². The van der Waals surface area contributed by atoms with E-state index < -0.39 is 0 Å². The molecule has 0 bridgehead atoms. The van der Waals surface area contributed by atoms with Gasteiger partial charge in [-0.2, -0.15) is 0 Å². The Morgan fingerprint density at radius 1 is 1.46 bits per heavy atom. The van der Waals surface area contributed by atoms with Crippen molar-refractivity contribution in [3.8, 4) is 5.88 Å². The molecule has 0 spiro atoms. The summed E-state index contributed by atoms with van der Waals surface area (Å²) in [7, 11) is 3.58. The van der Waals surface area contributed by atoms with Gasteiger partial charge in [0.1, 0.15) is 0 Å². The van der Waals surface area contributed by atoms with Gasteiger partial charge in [0, 0.05) is 52.0 Å². The lowest BCUT2D eigenvalue weighted by atomic mass is 10.1. The van der Waals surface area contributed by atoms with Crippen LogP contribution in [0.2, 0.25) is 0 Å². The molecule has 1 unspecified atom stereocenters. The predicted octanol–water partition coefficient (Wildman–Crippen LogP) is 2.53. The van der Waals surface area contributed by atoms with Gasteiger partial charge in [0.2, 0.25) is 5.88 Å². The smallest absolute Gasteiger partial charge is 0.213 e. The topological polar surface area (TPSA) is 59.0 Å². The molecule has 0 radical (unpaired) electrons. The summed E-state index contributed by atoms with van der Waals surface area (Å²) in [6.45, 7) is 7.52. The third-order valence-corrected chi connectivity index (χ3v) is 3.80. The maximum atomic E-state index is 5.56. The first-order chi connectivity index (χ1) is 11.1. The van der Waals surface area contributed by atoms with Crippen molar-refractivity contribution in [3.05, 3.63) is 23.9 Å². The number of nitrogens with zero attached hydrogens (tertiary/aromatic N) is 3. The Balaban J connectivity index is 0.00000288. The van der Waals surface area contributed by atoms with Gasteiger partial charge in [-0.05, 0) is 25.8 Å². The van der Waals surface area contributed by atoms with Crippen molar-refractivity contribution < 1.29 is 9.47 Å². The van der Waals surface area contributed by atoms with Crippen LogP contribution in [0.5, 0.6) is 5.88 Å². The first kappa shape index (κ1) is 21.0. The minimum absolute atomic E-state index is 0. The van der Waals surface area contributed by atoms with Crippen molar-refractivity contribution in [2.24, 2.45) is 10.9 Å². The fourth-order valence-electron chi connectivity index (χ4n) is 2.74. The molecule has 136 valence electrons. The molecule has 24 heavy (non-hydrogen) atoms. The molecule has 1 aliphatic rings. The predicted molar refractivity (Wildman–Crippen MR) is 107 cm³/mol. The van der Waals surface area contributed by atoms with Gasteiger partial charge in [0.15, 0.2) is 5.96 Å². The van der Waals surface area contributed by atoms with Crippen molar-refractivity contribution >= 4 is 29.9 Å². The first-order valence-electron chi connectivity index (χ1n) is 8.18. The third-order valence-electron chi connectivity index (χ3n) is 3.80. The lowest BCUT2D eigenvalue weighted by Crippen LogP contribution is -2.39. The molecule has 2 heterocycles. The maximum absolute atomic E-state index is 5.56. The Morgan fingerprint density at radius 3 is 2.83 bits per heavy atom. The number of guanidine groups is 1. The summed E-state index contributed by atoms with van der Waals surface area (Å²) in [5.41, 5.74) is 1.11. The highest BCUT2D eigenvalue weighted by Gasteiger charge is 2.24. The average Bonchev–Trinajstić information content (AvgIpc) is 2.98. The van der Waals surface area contributed by atoms with E-state index in [1.54, 1.807) is 7.11 Å². The summed E-state index contributed by atoms with van der Waals surface area (Å²) in [5.74, 6) is 2.19. The number of ether oxygens (including phenoxy) is 2. The van der Waals surface area contributed by atoms with Gasteiger partial charge in [0.05, 0.1) is 12.7 Å². The van der Waals surface area contributed by atoms with E-state index in [4.69, 9.17) is 9.47 Å². The molecule has 0 aromatic carbocycles. The highest BCUT2D eigenvalue weighted by atomic mass is 127. The van der Waals surface area contributed by atoms with Crippen LogP contribution in [0.25, 0.3) is 0 Å². The minimum atomic E-state index is 0. The standard InChI is InChI=1S/C17H28N4O2.HI/c1-13(2)23-16-6-5-14(9-19-16)10-20-17(18-3)21-8-7-15(11-21)12-22-4;/h5-6,9,13,15H,7-8,10-12H2,1-4H3,(H,18,20);1H. The van der Waals surface area contributed by atoms with Gasteiger partial charge in [-0.25, -0.2) is 4.98 Å². The third kappa shape index (κ3) is 6.43. The SMILES string of the molecule is CN=C(NCc1ccc(OC(C)C)nc1)N1CCC(COC)C1.I. The Kier molecular flexibility index (Phi) is 9.35. The molecule has 6 nitrogen and oxygen atoms in total. The normalized spacial score (nSPS) is 17.8. The van der Waals surface area contributed by atoms with Crippen molar-refractivity contribution in [2.75, 3.05) is 33.9 Å². The molecule has 1 saturated heterocycles. The Bertz CT molecular complexity index is 508. The van der Waals surface area contributed by atoms with E-state index in [-0.39, 0.29) is 30.1 Å². The zero-order chi connectivity index (χ0) is 16.7. The van der Waals surface area contributed by atoms with Gasteiger partial charge >= 0.3 is 0 Å². The van der Waals surface area contributed by atoms with Gasteiger partial charge < -0.3 is 19.7 Å². The first-order valence-corrected chi connectivity index (χ1v) is 8.18. The molecule has 1 N–H and O–H groups in total. The molecule has 7 heteroatoms.